The van der Waals surface area contributed by atoms with Crippen LogP contribution in [0.25, 0.3) is 0 Å². The number of nitrogen functional groups attached to an aromatic ring is 1. The fourth-order valence-corrected chi connectivity index (χ4v) is 1.78. The molecule has 0 saturated carbocycles. The SMILES string of the molecule is Cc1ccc(C(N)Cc2cnccc2N)cc1. The van der Waals surface area contributed by atoms with E-state index in [1.807, 2.05) is 0 Å². The average Bonchev–Trinajstić information content (AvgIpc) is 2.33. The number of hydrogen-bond acceptors (Lipinski definition) is 3. The number of anilines is 1. The van der Waals surface area contributed by atoms with Gasteiger partial charge in [0.05, 0.1) is 0 Å². The largest absolute Gasteiger partial charge is 0.398 e. The second kappa shape index (κ2) is 4.97. The highest BCUT2D eigenvalue weighted by Crippen LogP contribution is 2.19. The van der Waals surface area contributed by atoms with Crippen molar-refractivity contribution in [3.05, 3.63) is 59.4 Å². The Morgan fingerprint density at radius 1 is 1.18 bits per heavy atom. The van der Waals surface area contributed by atoms with E-state index in [0.29, 0.717) is 6.42 Å². The van der Waals surface area contributed by atoms with E-state index >= 15 is 0 Å². The zero-order valence-corrected chi connectivity index (χ0v) is 9.93. The maximum absolute atomic E-state index is 6.16. The normalized spacial score (nSPS) is 12.4. The number of nitrogens with zero attached hydrogens (tertiary/aromatic N) is 1. The van der Waals surface area contributed by atoms with Gasteiger partial charge in [-0.05, 0) is 30.5 Å². The van der Waals surface area contributed by atoms with E-state index in [0.717, 1.165) is 16.8 Å². The molecule has 0 saturated heterocycles. The van der Waals surface area contributed by atoms with E-state index in [1.165, 1.54) is 5.56 Å². The zero-order valence-electron chi connectivity index (χ0n) is 9.93. The van der Waals surface area contributed by atoms with Crippen LogP contribution in [0.15, 0.2) is 42.7 Å². The van der Waals surface area contributed by atoms with Crippen LogP contribution in [0.3, 0.4) is 0 Å². The first kappa shape index (κ1) is 11.6. The van der Waals surface area contributed by atoms with Gasteiger partial charge < -0.3 is 11.5 Å². The topological polar surface area (TPSA) is 64.9 Å². The highest BCUT2D eigenvalue weighted by molar-refractivity contribution is 5.45. The number of nitrogens with two attached hydrogens (primary N) is 2. The molecule has 1 aromatic carbocycles. The quantitative estimate of drug-likeness (QED) is 0.845. The van der Waals surface area contributed by atoms with Crippen LogP contribution in [-0.2, 0) is 6.42 Å². The van der Waals surface area contributed by atoms with Gasteiger partial charge in [0.15, 0.2) is 0 Å². The summed E-state index contributed by atoms with van der Waals surface area (Å²) in [5.74, 6) is 0. The molecule has 1 aromatic heterocycles. The summed E-state index contributed by atoms with van der Waals surface area (Å²) in [4.78, 5) is 4.07. The first-order valence-electron chi connectivity index (χ1n) is 5.67. The lowest BCUT2D eigenvalue weighted by Gasteiger charge is -2.13. The van der Waals surface area contributed by atoms with Crippen LogP contribution >= 0.6 is 0 Å². The van der Waals surface area contributed by atoms with Crippen molar-refractivity contribution in [2.75, 3.05) is 5.73 Å². The Kier molecular flexibility index (Phi) is 3.40. The van der Waals surface area contributed by atoms with Crippen LogP contribution in [0.2, 0.25) is 0 Å². The van der Waals surface area contributed by atoms with Gasteiger partial charge in [-0.25, -0.2) is 0 Å². The highest BCUT2D eigenvalue weighted by Gasteiger charge is 2.08. The Bertz CT molecular complexity index is 491. The summed E-state index contributed by atoms with van der Waals surface area (Å²) in [6, 6.07) is 10.0. The molecule has 0 radical (unpaired) electrons. The molecule has 1 atom stereocenters. The minimum absolute atomic E-state index is 0.0397. The molecule has 0 aliphatic carbocycles. The van der Waals surface area contributed by atoms with Crippen LogP contribution in [0.5, 0.6) is 0 Å². The van der Waals surface area contributed by atoms with E-state index in [-0.39, 0.29) is 6.04 Å². The van der Waals surface area contributed by atoms with Crippen molar-refractivity contribution >= 4 is 5.69 Å². The summed E-state index contributed by atoms with van der Waals surface area (Å²) in [6.45, 7) is 2.06. The van der Waals surface area contributed by atoms with Gasteiger partial charge in [-0.2, -0.15) is 0 Å². The van der Waals surface area contributed by atoms with Crippen molar-refractivity contribution in [3.8, 4) is 0 Å². The summed E-state index contributed by atoms with van der Waals surface area (Å²) < 4.78 is 0. The second-order valence-corrected chi connectivity index (χ2v) is 4.30. The van der Waals surface area contributed by atoms with Crippen LogP contribution < -0.4 is 11.5 Å². The van der Waals surface area contributed by atoms with Crippen LogP contribution in [0, 0.1) is 6.92 Å². The molecule has 0 aliphatic rings. The summed E-state index contributed by atoms with van der Waals surface area (Å²) in [6.07, 6.45) is 4.18. The van der Waals surface area contributed by atoms with E-state index < -0.39 is 0 Å². The van der Waals surface area contributed by atoms with Crippen molar-refractivity contribution in [1.29, 1.82) is 0 Å². The standard InChI is InChI=1S/C14H17N3/c1-10-2-4-11(5-3-10)14(16)8-12-9-17-7-6-13(12)15/h2-7,9,14H,8,16H2,1H3,(H2,15,17). The summed E-state index contributed by atoms with van der Waals surface area (Å²) in [5.41, 5.74) is 16.2. The molecule has 0 amide bonds. The summed E-state index contributed by atoms with van der Waals surface area (Å²) in [5, 5.41) is 0. The number of pyridine rings is 1. The molecule has 0 aliphatic heterocycles. The first-order chi connectivity index (χ1) is 8.16. The fourth-order valence-electron chi connectivity index (χ4n) is 1.78. The van der Waals surface area contributed by atoms with E-state index in [4.69, 9.17) is 11.5 Å². The molecule has 2 aromatic rings. The van der Waals surface area contributed by atoms with Gasteiger partial charge in [0, 0.05) is 24.1 Å². The van der Waals surface area contributed by atoms with E-state index in [9.17, 15) is 0 Å². The lowest BCUT2D eigenvalue weighted by molar-refractivity contribution is 0.721. The van der Waals surface area contributed by atoms with Gasteiger partial charge in [-0.3, -0.25) is 4.98 Å². The van der Waals surface area contributed by atoms with Crippen molar-refractivity contribution in [2.45, 2.75) is 19.4 Å². The second-order valence-electron chi connectivity index (χ2n) is 4.30. The van der Waals surface area contributed by atoms with Gasteiger partial charge in [0.25, 0.3) is 0 Å². The van der Waals surface area contributed by atoms with Crippen molar-refractivity contribution in [1.82, 2.24) is 4.98 Å². The molecule has 4 N–H and O–H groups in total. The molecule has 0 bridgehead atoms. The lowest BCUT2D eigenvalue weighted by Crippen LogP contribution is -2.14. The molecule has 1 unspecified atom stereocenters. The molecule has 17 heavy (non-hydrogen) atoms. The fraction of sp³-hybridized carbons (Fsp3) is 0.214. The monoisotopic (exact) mass is 227 g/mol. The predicted octanol–water partition coefficient (Wildman–Crippen LogP) is 2.21. The van der Waals surface area contributed by atoms with Crippen LogP contribution in [-0.4, -0.2) is 4.98 Å². The molecule has 88 valence electrons. The third kappa shape index (κ3) is 2.82. The highest BCUT2D eigenvalue weighted by atomic mass is 14.7. The maximum atomic E-state index is 6.16. The molecular weight excluding hydrogens is 210 g/mol. The Morgan fingerprint density at radius 2 is 1.88 bits per heavy atom. The van der Waals surface area contributed by atoms with Crippen LogP contribution in [0.4, 0.5) is 5.69 Å². The number of benzene rings is 1. The Balaban J connectivity index is 2.14. The third-order valence-electron chi connectivity index (χ3n) is 2.89. The average molecular weight is 227 g/mol. The maximum Gasteiger partial charge on any atom is 0.0378 e. The van der Waals surface area contributed by atoms with Gasteiger partial charge in [-0.1, -0.05) is 29.8 Å². The smallest absolute Gasteiger partial charge is 0.0378 e. The van der Waals surface area contributed by atoms with Gasteiger partial charge >= 0.3 is 0 Å². The molecule has 1 heterocycles. The van der Waals surface area contributed by atoms with Crippen molar-refractivity contribution in [3.63, 3.8) is 0 Å². The van der Waals surface area contributed by atoms with Crippen LogP contribution in [0.1, 0.15) is 22.7 Å². The zero-order chi connectivity index (χ0) is 12.3. The number of aromatic nitrogens is 1. The summed E-state index contributed by atoms with van der Waals surface area (Å²) in [7, 11) is 0. The Morgan fingerprint density at radius 3 is 2.53 bits per heavy atom. The molecule has 3 nitrogen and oxygen atoms in total. The number of aryl methyl sites for hydroxylation is 1. The molecule has 2 rings (SSSR count). The van der Waals surface area contributed by atoms with Crippen molar-refractivity contribution in [2.24, 2.45) is 5.73 Å². The number of rotatable bonds is 3. The van der Waals surface area contributed by atoms with E-state index in [2.05, 4.69) is 36.2 Å². The Hall–Kier alpha value is -1.87. The first-order valence-corrected chi connectivity index (χ1v) is 5.67. The van der Waals surface area contributed by atoms with Gasteiger partial charge in [0.1, 0.15) is 0 Å². The molecule has 0 fully saturated rings. The number of hydrogen-bond donors (Lipinski definition) is 2. The minimum atomic E-state index is -0.0397. The minimum Gasteiger partial charge on any atom is -0.398 e. The third-order valence-corrected chi connectivity index (χ3v) is 2.89. The van der Waals surface area contributed by atoms with Gasteiger partial charge in [-0.15, -0.1) is 0 Å². The lowest BCUT2D eigenvalue weighted by atomic mass is 9.99. The predicted molar refractivity (Wildman–Crippen MR) is 70.5 cm³/mol. The molecular formula is C14H17N3. The van der Waals surface area contributed by atoms with E-state index in [1.54, 1.807) is 18.5 Å². The molecule has 0 spiro atoms. The Labute approximate surface area is 101 Å². The van der Waals surface area contributed by atoms with Crippen molar-refractivity contribution < 1.29 is 0 Å². The van der Waals surface area contributed by atoms with Gasteiger partial charge in [0.2, 0.25) is 0 Å². The molecule has 3 heteroatoms. The summed E-state index contributed by atoms with van der Waals surface area (Å²) >= 11 is 0.